The van der Waals surface area contributed by atoms with Crippen LogP contribution in [0.5, 0.6) is 0 Å². The van der Waals surface area contributed by atoms with Crippen LogP contribution in [0.2, 0.25) is 0 Å². The van der Waals surface area contributed by atoms with Gasteiger partial charge < -0.3 is 10.6 Å². The van der Waals surface area contributed by atoms with E-state index in [1.807, 2.05) is 0 Å². The SMILES string of the molecule is CCCCN(CC)CC(C)(C)CN. The average Bonchev–Trinajstić information content (AvgIpc) is 2.12. The van der Waals surface area contributed by atoms with Crippen molar-refractivity contribution in [3.05, 3.63) is 0 Å². The van der Waals surface area contributed by atoms with E-state index >= 15 is 0 Å². The van der Waals surface area contributed by atoms with Crippen LogP contribution in [-0.2, 0) is 0 Å². The smallest absolute Gasteiger partial charge is 0.00446 e. The van der Waals surface area contributed by atoms with Gasteiger partial charge in [-0.15, -0.1) is 0 Å². The zero-order valence-corrected chi connectivity index (χ0v) is 9.77. The summed E-state index contributed by atoms with van der Waals surface area (Å²) in [5.74, 6) is 0. The molecule has 0 atom stereocenters. The highest BCUT2D eigenvalue weighted by Gasteiger charge is 2.18. The lowest BCUT2D eigenvalue weighted by molar-refractivity contribution is 0.188. The lowest BCUT2D eigenvalue weighted by Crippen LogP contribution is -2.39. The lowest BCUT2D eigenvalue weighted by atomic mass is 9.93. The Bertz CT molecular complexity index is 121. The van der Waals surface area contributed by atoms with Gasteiger partial charge in [0.2, 0.25) is 0 Å². The fraction of sp³-hybridized carbons (Fsp3) is 1.00. The summed E-state index contributed by atoms with van der Waals surface area (Å²) >= 11 is 0. The van der Waals surface area contributed by atoms with Gasteiger partial charge in [-0.2, -0.15) is 0 Å². The first kappa shape index (κ1) is 12.9. The molecule has 0 radical (unpaired) electrons. The molecule has 2 N–H and O–H groups in total. The Morgan fingerprint density at radius 1 is 1.23 bits per heavy atom. The summed E-state index contributed by atoms with van der Waals surface area (Å²) in [7, 11) is 0. The van der Waals surface area contributed by atoms with Crippen molar-refractivity contribution in [3.8, 4) is 0 Å². The monoisotopic (exact) mass is 186 g/mol. The molecule has 0 aromatic rings. The van der Waals surface area contributed by atoms with Crippen LogP contribution in [-0.4, -0.2) is 31.1 Å². The highest BCUT2D eigenvalue weighted by atomic mass is 15.1. The zero-order valence-electron chi connectivity index (χ0n) is 9.77. The highest BCUT2D eigenvalue weighted by Crippen LogP contribution is 2.14. The molecule has 0 unspecified atom stereocenters. The van der Waals surface area contributed by atoms with Crippen molar-refractivity contribution in [2.75, 3.05) is 26.2 Å². The number of rotatable bonds is 7. The van der Waals surface area contributed by atoms with Gasteiger partial charge in [-0.25, -0.2) is 0 Å². The second kappa shape index (κ2) is 6.39. The normalized spacial score (nSPS) is 12.5. The van der Waals surface area contributed by atoms with E-state index in [4.69, 9.17) is 5.73 Å². The Morgan fingerprint density at radius 2 is 1.85 bits per heavy atom. The summed E-state index contributed by atoms with van der Waals surface area (Å²) in [4.78, 5) is 2.50. The summed E-state index contributed by atoms with van der Waals surface area (Å²) in [6, 6.07) is 0. The van der Waals surface area contributed by atoms with Crippen LogP contribution in [0.25, 0.3) is 0 Å². The molecule has 0 amide bonds. The van der Waals surface area contributed by atoms with Crippen LogP contribution >= 0.6 is 0 Å². The van der Waals surface area contributed by atoms with E-state index in [2.05, 4.69) is 32.6 Å². The van der Waals surface area contributed by atoms with E-state index in [9.17, 15) is 0 Å². The Labute approximate surface area is 83.5 Å². The molecule has 2 heteroatoms. The van der Waals surface area contributed by atoms with Gasteiger partial charge in [-0.3, -0.25) is 0 Å². The third kappa shape index (κ3) is 6.05. The van der Waals surface area contributed by atoms with E-state index in [0.29, 0.717) is 0 Å². The van der Waals surface area contributed by atoms with Crippen LogP contribution in [0.3, 0.4) is 0 Å². The van der Waals surface area contributed by atoms with Crippen molar-refractivity contribution in [3.63, 3.8) is 0 Å². The fourth-order valence-corrected chi connectivity index (χ4v) is 1.40. The van der Waals surface area contributed by atoms with Crippen LogP contribution in [0.1, 0.15) is 40.5 Å². The van der Waals surface area contributed by atoms with Crippen molar-refractivity contribution < 1.29 is 0 Å². The Kier molecular flexibility index (Phi) is 6.35. The minimum absolute atomic E-state index is 0.268. The Balaban J connectivity index is 3.82. The fourth-order valence-electron chi connectivity index (χ4n) is 1.40. The van der Waals surface area contributed by atoms with Crippen molar-refractivity contribution in [1.82, 2.24) is 4.90 Å². The molecule has 0 fully saturated rings. The molecular weight excluding hydrogens is 160 g/mol. The van der Waals surface area contributed by atoms with Crippen molar-refractivity contribution in [1.29, 1.82) is 0 Å². The molecule has 0 aliphatic carbocycles. The van der Waals surface area contributed by atoms with Gasteiger partial charge in [0.25, 0.3) is 0 Å². The predicted molar refractivity (Wildman–Crippen MR) is 59.9 cm³/mol. The van der Waals surface area contributed by atoms with E-state index in [1.54, 1.807) is 0 Å². The van der Waals surface area contributed by atoms with E-state index in [1.165, 1.54) is 19.4 Å². The molecular formula is C11H26N2. The maximum absolute atomic E-state index is 5.71. The largest absolute Gasteiger partial charge is 0.330 e. The Morgan fingerprint density at radius 3 is 2.23 bits per heavy atom. The number of nitrogens with two attached hydrogens (primary N) is 1. The quantitative estimate of drug-likeness (QED) is 0.659. The van der Waals surface area contributed by atoms with Gasteiger partial charge in [0.1, 0.15) is 0 Å². The van der Waals surface area contributed by atoms with Gasteiger partial charge in [0, 0.05) is 6.54 Å². The van der Waals surface area contributed by atoms with Gasteiger partial charge >= 0.3 is 0 Å². The molecule has 0 rings (SSSR count). The molecule has 0 aliphatic heterocycles. The van der Waals surface area contributed by atoms with E-state index in [-0.39, 0.29) is 5.41 Å². The van der Waals surface area contributed by atoms with Gasteiger partial charge in [0.05, 0.1) is 0 Å². The molecule has 0 bridgehead atoms. The maximum atomic E-state index is 5.71. The third-order valence-corrected chi connectivity index (χ3v) is 2.48. The van der Waals surface area contributed by atoms with Crippen LogP contribution in [0.4, 0.5) is 0 Å². The predicted octanol–water partition coefficient (Wildman–Crippen LogP) is 2.09. The number of unbranched alkanes of at least 4 members (excludes halogenated alkanes) is 1. The second-order valence-electron chi connectivity index (χ2n) is 4.59. The average molecular weight is 186 g/mol. The first-order valence-corrected chi connectivity index (χ1v) is 5.48. The topological polar surface area (TPSA) is 29.3 Å². The third-order valence-electron chi connectivity index (χ3n) is 2.48. The van der Waals surface area contributed by atoms with Gasteiger partial charge in [0.15, 0.2) is 0 Å². The molecule has 0 aromatic heterocycles. The summed E-state index contributed by atoms with van der Waals surface area (Å²) in [5, 5.41) is 0. The second-order valence-corrected chi connectivity index (χ2v) is 4.59. The summed E-state index contributed by atoms with van der Waals surface area (Å²) in [6.45, 7) is 13.2. The first-order valence-electron chi connectivity index (χ1n) is 5.48. The molecule has 2 nitrogen and oxygen atoms in total. The van der Waals surface area contributed by atoms with Crippen molar-refractivity contribution in [2.24, 2.45) is 11.1 Å². The standard InChI is InChI=1S/C11H26N2/c1-5-7-8-13(6-2)10-11(3,4)9-12/h5-10,12H2,1-4H3. The molecule has 0 aliphatic rings. The number of hydrogen-bond donors (Lipinski definition) is 1. The lowest BCUT2D eigenvalue weighted by Gasteiger charge is -2.30. The zero-order chi connectivity index (χ0) is 10.3. The van der Waals surface area contributed by atoms with E-state index in [0.717, 1.165) is 19.6 Å². The number of nitrogens with zero attached hydrogens (tertiary/aromatic N) is 1. The summed E-state index contributed by atoms with van der Waals surface area (Å²) in [5.41, 5.74) is 5.98. The van der Waals surface area contributed by atoms with Crippen molar-refractivity contribution >= 4 is 0 Å². The van der Waals surface area contributed by atoms with Crippen LogP contribution < -0.4 is 5.73 Å². The molecule has 0 heterocycles. The molecule has 0 saturated heterocycles. The van der Waals surface area contributed by atoms with Crippen LogP contribution in [0.15, 0.2) is 0 Å². The van der Waals surface area contributed by atoms with Crippen LogP contribution in [0, 0.1) is 5.41 Å². The summed E-state index contributed by atoms with van der Waals surface area (Å²) in [6.07, 6.45) is 2.58. The van der Waals surface area contributed by atoms with E-state index < -0.39 is 0 Å². The molecule has 0 aromatic carbocycles. The Hall–Kier alpha value is -0.0800. The number of hydrogen-bond acceptors (Lipinski definition) is 2. The minimum Gasteiger partial charge on any atom is -0.330 e. The maximum Gasteiger partial charge on any atom is 0.00446 e. The van der Waals surface area contributed by atoms with Gasteiger partial charge in [-0.05, 0) is 31.5 Å². The summed E-state index contributed by atoms with van der Waals surface area (Å²) < 4.78 is 0. The first-order chi connectivity index (χ1) is 6.05. The molecule has 13 heavy (non-hydrogen) atoms. The molecule has 0 spiro atoms. The highest BCUT2D eigenvalue weighted by molar-refractivity contribution is 4.74. The van der Waals surface area contributed by atoms with Crippen molar-refractivity contribution in [2.45, 2.75) is 40.5 Å². The molecule has 80 valence electrons. The van der Waals surface area contributed by atoms with Gasteiger partial charge in [-0.1, -0.05) is 34.1 Å². The minimum atomic E-state index is 0.268. The molecule has 0 saturated carbocycles.